The van der Waals surface area contributed by atoms with Crippen LogP contribution in [0.3, 0.4) is 0 Å². The molecule has 0 unspecified atom stereocenters. The molecule has 1 rings (SSSR count). The van der Waals surface area contributed by atoms with Crippen LogP contribution in [0.5, 0.6) is 0 Å². The van der Waals surface area contributed by atoms with Crippen molar-refractivity contribution in [1.82, 2.24) is 0 Å². The summed E-state index contributed by atoms with van der Waals surface area (Å²) >= 11 is 0. The minimum atomic E-state index is -3.10. The maximum atomic E-state index is 12.8. The van der Waals surface area contributed by atoms with Crippen LogP contribution < -0.4 is 0 Å². The number of esters is 1. The van der Waals surface area contributed by atoms with Gasteiger partial charge in [-0.15, -0.1) is 0 Å². The van der Waals surface area contributed by atoms with Crippen molar-refractivity contribution in [2.45, 2.75) is 63.5 Å². The highest BCUT2D eigenvalue weighted by Gasteiger charge is 2.65. The van der Waals surface area contributed by atoms with Crippen LogP contribution in [0.1, 0.15) is 52.9 Å². The predicted molar refractivity (Wildman–Crippen MR) is 78.4 cm³/mol. The van der Waals surface area contributed by atoms with E-state index in [0.717, 1.165) is 19.3 Å². The van der Waals surface area contributed by atoms with Crippen molar-refractivity contribution in [3.05, 3.63) is 0 Å². The third-order valence-electron chi connectivity index (χ3n) is 3.89. The second-order valence-electron chi connectivity index (χ2n) is 6.31. The van der Waals surface area contributed by atoms with E-state index < -0.39 is 19.4 Å². The van der Waals surface area contributed by atoms with E-state index in [-0.39, 0.29) is 5.97 Å². The molecule has 0 N–H and O–H groups in total. The van der Waals surface area contributed by atoms with E-state index in [9.17, 15) is 4.79 Å². The molecule has 6 heteroatoms. The zero-order valence-corrected chi connectivity index (χ0v) is 14.6. The molecule has 118 valence electrons. The van der Waals surface area contributed by atoms with E-state index in [1.165, 1.54) is 0 Å². The summed E-state index contributed by atoms with van der Waals surface area (Å²) in [7, 11) is 1.56. The highest BCUT2D eigenvalue weighted by Crippen LogP contribution is 2.52. The molecule has 1 saturated carbocycles. The Labute approximate surface area is 123 Å². The summed E-state index contributed by atoms with van der Waals surface area (Å²) in [5.74, 6) is -0.248. The molecule has 0 bridgehead atoms. The maximum Gasteiger partial charge on any atom is 0.518 e. The van der Waals surface area contributed by atoms with Gasteiger partial charge >= 0.3 is 14.8 Å². The van der Waals surface area contributed by atoms with E-state index in [1.807, 2.05) is 20.8 Å². The van der Waals surface area contributed by atoms with Crippen molar-refractivity contribution in [2.75, 3.05) is 21.3 Å². The zero-order valence-electron chi connectivity index (χ0n) is 13.6. The maximum absolute atomic E-state index is 12.8. The Morgan fingerprint density at radius 3 is 1.75 bits per heavy atom. The number of rotatable bonds is 5. The molecule has 0 radical (unpaired) electrons. The Balaban J connectivity index is 3.18. The Bertz CT molecular complexity index is 319. The standard InChI is InChI=1S/C14H28O5Si/c1-13(2,3)19-12(15)14(10-8-7-9-11-14)20(16-4,17-5)18-6/h7-11H2,1-6H3. The Morgan fingerprint density at radius 2 is 1.40 bits per heavy atom. The first-order valence-corrected chi connectivity index (χ1v) is 8.88. The van der Waals surface area contributed by atoms with Gasteiger partial charge in [-0.1, -0.05) is 19.3 Å². The first kappa shape index (κ1) is 17.6. The average molecular weight is 304 g/mol. The molecule has 0 aromatic heterocycles. The summed E-state index contributed by atoms with van der Waals surface area (Å²) in [4.78, 5) is 12.8. The SMILES string of the molecule is CO[Si](OC)(OC)C1(C(=O)OC(C)(C)C)CCCCC1. The van der Waals surface area contributed by atoms with Crippen molar-refractivity contribution in [3.8, 4) is 0 Å². The summed E-state index contributed by atoms with van der Waals surface area (Å²) in [5.41, 5.74) is -0.531. The molecular formula is C14H28O5Si. The minimum absolute atomic E-state index is 0.248. The lowest BCUT2D eigenvalue weighted by Crippen LogP contribution is -2.59. The van der Waals surface area contributed by atoms with E-state index in [0.29, 0.717) is 12.8 Å². The molecule has 0 aliphatic heterocycles. The third kappa shape index (κ3) is 3.24. The lowest BCUT2D eigenvalue weighted by atomic mass is 9.88. The Kier molecular flexibility index (Phi) is 5.77. The minimum Gasteiger partial charge on any atom is -0.460 e. The quantitative estimate of drug-likeness (QED) is 0.577. The second kappa shape index (κ2) is 6.55. The van der Waals surface area contributed by atoms with Crippen LogP contribution in [-0.4, -0.2) is 41.7 Å². The van der Waals surface area contributed by atoms with Gasteiger partial charge in [0.1, 0.15) is 10.6 Å². The van der Waals surface area contributed by atoms with Crippen molar-refractivity contribution in [3.63, 3.8) is 0 Å². The molecule has 1 aliphatic rings. The first-order chi connectivity index (χ1) is 9.27. The molecule has 1 fully saturated rings. The Morgan fingerprint density at radius 1 is 0.950 bits per heavy atom. The van der Waals surface area contributed by atoms with Gasteiger partial charge in [-0.3, -0.25) is 4.79 Å². The Hall–Kier alpha value is -0.433. The van der Waals surface area contributed by atoms with Crippen LogP contribution in [0, 0.1) is 0 Å². The molecule has 0 aromatic rings. The smallest absolute Gasteiger partial charge is 0.460 e. The highest BCUT2D eigenvalue weighted by atomic mass is 28.4. The molecule has 0 aromatic carbocycles. The third-order valence-corrected chi connectivity index (χ3v) is 7.38. The fourth-order valence-electron chi connectivity index (χ4n) is 3.00. The van der Waals surface area contributed by atoms with Gasteiger partial charge in [0.2, 0.25) is 0 Å². The zero-order chi connectivity index (χ0) is 15.4. The van der Waals surface area contributed by atoms with E-state index in [2.05, 4.69) is 0 Å². The fourth-order valence-corrected chi connectivity index (χ4v) is 5.94. The molecule has 0 atom stereocenters. The molecule has 5 nitrogen and oxygen atoms in total. The summed E-state index contributed by atoms with van der Waals surface area (Å²) in [6.45, 7) is 5.62. The number of hydrogen-bond acceptors (Lipinski definition) is 5. The topological polar surface area (TPSA) is 54.0 Å². The van der Waals surface area contributed by atoms with Crippen LogP contribution in [-0.2, 0) is 22.8 Å². The van der Waals surface area contributed by atoms with Crippen LogP contribution in [0.15, 0.2) is 0 Å². The van der Waals surface area contributed by atoms with Gasteiger partial charge in [0.25, 0.3) is 0 Å². The van der Waals surface area contributed by atoms with Crippen molar-refractivity contribution >= 4 is 14.8 Å². The molecule has 0 heterocycles. The van der Waals surface area contributed by atoms with Gasteiger partial charge in [0, 0.05) is 21.3 Å². The fraction of sp³-hybridized carbons (Fsp3) is 0.929. The van der Waals surface area contributed by atoms with E-state index in [1.54, 1.807) is 21.3 Å². The molecule has 0 saturated heterocycles. The van der Waals surface area contributed by atoms with E-state index in [4.69, 9.17) is 18.0 Å². The van der Waals surface area contributed by atoms with Gasteiger partial charge in [-0.25, -0.2) is 0 Å². The van der Waals surface area contributed by atoms with Crippen LogP contribution in [0.25, 0.3) is 0 Å². The number of ether oxygens (including phenoxy) is 1. The lowest BCUT2D eigenvalue weighted by molar-refractivity contribution is -0.162. The normalized spacial score (nSPS) is 19.7. The monoisotopic (exact) mass is 304 g/mol. The van der Waals surface area contributed by atoms with Crippen LogP contribution in [0.2, 0.25) is 5.04 Å². The van der Waals surface area contributed by atoms with Crippen LogP contribution in [0.4, 0.5) is 0 Å². The van der Waals surface area contributed by atoms with Gasteiger partial charge in [0.05, 0.1) is 0 Å². The van der Waals surface area contributed by atoms with Gasteiger partial charge in [-0.05, 0) is 33.6 Å². The molecule has 1 aliphatic carbocycles. The predicted octanol–water partition coefficient (Wildman–Crippen LogP) is 2.91. The number of carbonyl (C=O) groups is 1. The summed E-state index contributed by atoms with van der Waals surface area (Å²) in [6, 6.07) is 0. The van der Waals surface area contributed by atoms with Crippen molar-refractivity contribution in [1.29, 1.82) is 0 Å². The van der Waals surface area contributed by atoms with Gasteiger partial charge < -0.3 is 18.0 Å². The summed E-state index contributed by atoms with van der Waals surface area (Å²) in [5, 5.41) is -0.781. The molecular weight excluding hydrogens is 276 g/mol. The van der Waals surface area contributed by atoms with E-state index >= 15 is 0 Å². The van der Waals surface area contributed by atoms with Crippen LogP contribution >= 0.6 is 0 Å². The van der Waals surface area contributed by atoms with Gasteiger partial charge in [-0.2, -0.15) is 0 Å². The first-order valence-electron chi connectivity index (χ1n) is 7.16. The number of hydrogen-bond donors (Lipinski definition) is 0. The average Bonchev–Trinajstić information content (AvgIpc) is 2.40. The number of carbonyl (C=O) groups excluding carboxylic acids is 1. The second-order valence-corrected chi connectivity index (χ2v) is 9.61. The van der Waals surface area contributed by atoms with Crippen molar-refractivity contribution in [2.24, 2.45) is 0 Å². The lowest BCUT2D eigenvalue weighted by Gasteiger charge is -2.44. The van der Waals surface area contributed by atoms with Gasteiger partial charge in [0.15, 0.2) is 0 Å². The molecule has 0 amide bonds. The molecule has 20 heavy (non-hydrogen) atoms. The largest absolute Gasteiger partial charge is 0.518 e. The molecule has 0 spiro atoms. The highest BCUT2D eigenvalue weighted by molar-refractivity contribution is 6.68. The summed E-state index contributed by atoms with van der Waals surface area (Å²) in [6.07, 6.45) is 4.44. The summed E-state index contributed by atoms with van der Waals surface area (Å²) < 4.78 is 22.5. The van der Waals surface area contributed by atoms with Crippen molar-refractivity contribution < 1.29 is 22.8 Å².